The Morgan fingerprint density at radius 3 is 2.61 bits per heavy atom. The number of rotatable bonds is 10. The topological polar surface area (TPSA) is 125 Å². The quantitative estimate of drug-likeness (QED) is 0.352. The number of hydrogen-bond acceptors (Lipinski definition) is 8. The first-order chi connectivity index (χ1) is 14.7. The fraction of sp³-hybridized carbons (Fsp3) is 0.474. The number of nitrogens with zero attached hydrogens (tertiary/aromatic N) is 3. The van der Waals surface area contributed by atoms with Gasteiger partial charge < -0.3 is 14.9 Å². The first-order valence-corrected chi connectivity index (χ1v) is 12.1. The second-order valence-electron chi connectivity index (χ2n) is 7.39. The minimum Gasteiger partial charge on any atom is -0.472 e. The van der Waals surface area contributed by atoms with E-state index in [9.17, 15) is 17.9 Å². The molecule has 0 unspecified atom stereocenters. The molecule has 0 radical (unpaired) electrons. The summed E-state index contributed by atoms with van der Waals surface area (Å²) >= 11 is 1.22. The Labute approximate surface area is 184 Å². The standard InChI is InChI=1S/C19H25FN4O5S2/c1-12-8-24(9-12)31(27,28)23-17-7-18(29-13(2)16(26)10-25)22-19(21-17)30-11-14-3-5-15(20)6-4-14/h3-7,12-13,16,25-26H,8-11H2,1-2H3,(H,21,22,23)/t13-,16-/m1/s1. The van der Waals surface area contributed by atoms with E-state index in [1.807, 2.05) is 6.92 Å². The molecule has 3 N–H and O–H groups in total. The maximum Gasteiger partial charge on any atom is 0.302 e. The van der Waals surface area contributed by atoms with Crippen LogP contribution in [-0.4, -0.2) is 64.8 Å². The van der Waals surface area contributed by atoms with Gasteiger partial charge in [0.15, 0.2) is 5.16 Å². The Kier molecular flexibility index (Phi) is 7.70. The third kappa shape index (κ3) is 6.50. The molecule has 31 heavy (non-hydrogen) atoms. The predicted molar refractivity (Wildman–Crippen MR) is 114 cm³/mol. The highest BCUT2D eigenvalue weighted by molar-refractivity contribution is 7.98. The van der Waals surface area contributed by atoms with E-state index in [2.05, 4.69) is 14.7 Å². The van der Waals surface area contributed by atoms with Gasteiger partial charge in [0.1, 0.15) is 23.8 Å². The molecule has 0 saturated carbocycles. The molecule has 0 aliphatic carbocycles. The minimum absolute atomic E-state index is 0.0249. The van der Waals surface area contributed by atoms with Crippen LogP contribution in [0.5, 0.6) is 5.88 Å². The van der Waals surface area contributed by atoms with Crippen molar-refractivity contribution in [2.24, 2.45) is 5.92 Å². The van der Waals surface area contributed by atoms with Crippen molar-refractivity contribution in [2.75, 3.05) is 24.4 Å². The van der Waals surface area contributed by atoms with Crippen molar-refractivity contribution in [1.82, 2.24) is 14.3 Å². The lowest BCUT2D eigenvalue weighted by Gasteiger charge is -2.35. The zero-order valence-corrected chi connectivity index (χ0v) is 18.7. The SMILES string of the molecule is CC1CN(S(=O)(=O)Nc2cc(O[C@H](C)[C@H](O)CO)nc(SCc3ccc(F)cc3)n2)C1. The summed E-state index contributed by atoms with van der Waals surface area (Å²) in [6, 6.07) is 7.29. The van der Waals surface area contributed by atoms with E-state index in [0.717, 1.165) is 5.56 Å². The summed E-state index contributed by atoms with van der Waals surface area (Å²) in [5.41, 5.74) is 0.835. The van der Waals surface area contributed by atoms with E-state index in [4.69, 9.17) is 9.84 Å². The van der Waals surface area contributed by atoms with Crippen molar-refractivity contribution in [2.45, 2.75) is 37.0 Å². The minimum atomic E-state index is -3.77. The maximum atomic E-state index is 13.1. The lowest BCUT2D eigenvalue weighted by Crippen LogP contribution is -2.50. The molecule has 12 heteroatoms. The highest BCUT2D eigenvalue weighted by atomic mass is 32.2. The van der Waals surface area contributed by atoms with Gasteiger partial charge in [0.25, 0.3) is 0 Å². The van der Waals surface area contributed by atoms with Gasteiger partial charge in [-0.3, -0.25) is 4.72 Å². The van der Waals surface area contributed by atoms with Gasteiger partial charge in [0.2, 0.25) is 5.88 Å². The highest BCUT2D eigenvalue weighted by Crippen LogP contribution is 2.27. The van der Waals surface area contributed by atoms with Crippen LogP contribution in [0, 0.1) is 11.7 Å². The molecule has 1 aliphatic rings. The summed E-state index contributed by atoms with van der Waals surface area (Å²) in [5.74, 6) is 0.453. The molecule has 2 heterocycles. The molecular formula is C19H25FN4O5S2. The van der Waals surface area contributed by atoms with E-state index in [0.29, 0.717) is 24.8 Å². The Morgan fingerprint density at radius 1 is 1.32 bits per heavy atom. The van der Waals surface area contributed by atoms with Gasteiger partial charge in [-0.15, -0.1) is 0 Å². The molecule has 0 spiro atoms. The third-order valence-electron chi connectivity index (χ3n) is 4.60. The lowest BCUT2D eigenvalue weighted by molar-refractivity contribution is 0.00599. The molecule has 1 aromatic carbocycles. The maximum absolute atomic E-state index is 13.1. The van der Waals surface area contributed by atoms with Crippen LogP contribution in [0.2, 0.25) is 0 Å². The smallest absolute Gasteiger partial charge is 0.302 e. The summed E-state index contributed by atoms with van der Waals surface area (Å²) in [7, 11) is -3.77. The van der Waals surface area contributed by atoms with Gasteiger partial charge in [-0.25, -0.2) is 9.37 Å². The van der Waals surface area contributed by atoms with Crippen LogP contribution in [-0.2, 0) is 16.0 Å². The molecule has 2 atom stereocenters. The third-order valence-corrected chi connectivity index (χ3v) is 6.97. The van der Waals surface area contributed by atoms with Crippen molar-refractivity contribution in [3.8, 4) is 5.88 Å². The Morgan fingerprint density at radius 2 is 2.00 bits per heavy atom. The van der Waals surface area contributed by atoms with E-state index in [1.165, 1.54) is 34.3 Å². The van der Waals surface area contributed by atoms with Crippen LogP contribution in [0.25, 0.3) is 0 Å². The van der Waals surface area contributed by atoms with Crippen LogP contribution in [0.3, 0.4) is 0 Å². The predicted octanol–water partition coefficient (Wildman–Crippen LogP) is 1.64. The van der Waals surface area contributed by atoms with Crippen molar-refractivity contribution in [3.05, 3.63) is 41.7 Å². The Hall–Kier alpha value is -1.99. The summed E-state index contributed by atoms with van der Waals surface area (Å²) < 4.78 is 47.5. The number of thioether (sulfide) groups is 1. The van der Waals surface area contributed by atoms with Crippen LogP contribution in [0.15, 0.2) is 35.5 Å². The lowest BCUT2D eigenvalue weighted by atomic mass is 10.1. The van der Waals surface area contributed by atoms with Gasteiger partial charge in [-0.05, 0) is 30.5 Å². The number of nitrogens with one attached hydrogen (secondary N) is 1. The van der Waals surface area contributed by atoms with E-state index >= 15 is 0 Å². The average molecular weight is 473 g/mol. The number of aliphatic hydroxyl groups is 2. The van der Waals surface area contributed by atoms with Gasteiger partial charge in [-0.1, -0.05) is 30.8 Å². The average Bonchev–Trinajstić information content (AvgIpc) is 2.69. The monoisotopic (exact) mass is 472 g/mol. The van der Waals surface area contributed by atoms with Crippen LogP contribution in [0.1, 0.15) is 19.4 Å². The zero-order chi connectivity index (χ0) is 22.6. The Bertz CT molecular complexity index is 987. The second kappa shape index (κ2) is 10.1. The molecule has 2 aromatic rings. The summed E-state index contributed by atoms with van der Waals surface area (Å²) in [6.07, 6.45) is -1.91. The van der Waals surface area contributed by atoms with Gasteiger partial charge in [0.05, 0.1) is 6.61 Å². The van der Waals surface area contributed by atoms with Gasteiger partial charge >= 0.3 is 10.2 Å². The summed E-state index contributed by atoms with van der Waals surface area (Å²) in [5, 5.41) is 19.1. The van der Waals surface area contributed by atoms with Crippen molar-refractivity contribution >= 4 is 27.8 Å². The molecular weight excluding hydrogens is 447 g/mol. The molecule has 0 amide bonds. The molecule has 1 fully saturated rings. The fourth-order valence-electron chi connectivity index (χ4n) is 2.76. The van der Waals surface area contributed by atoms with Crippen molar-refractivity contribution in [1.29, 1.82) is 0 Å². The van der Waals surface area contributed by atoms with Gasteiger partial charge in [-0.2, -0.15) is 17.7 Å². The number of aliphatic hydroxyl groups excluding tert-OH is 2. The number of hydrogen-bond donors (Lipinski definition) is 3. The number of ether oxygens (including phenoxy) is 1. The van der Waals surface area contributed by atoms with E-state index < -0.39 is 29.0 Å². The first-order valence-electron chi connectivity index (χ1n) is 9.66. The number of aromatic nitrogens is 2. The molecule has 0 bridgehead atoms. The molecule has 170 valence electrons. The molecule has 3 rings (SSSR count). The van der Waals surface area contributed by atoms with Crippen molar-refractivity contribution < 1.29 is 27.8 Å². The van der Waals surface area contributed by atoms with E-state index in [1.54, 1.807) is 19.1 Å². The number of anilines is 1. The fourth-order valence-corrected chi connectivity index (χ4v) is 4.97. The number of halogens is 1. The molecule has 9 nitrogen and oxygen atoms in total. The molecule has 1 aliphatic heterocycles. The number of benzene rings is 1. The molecule has 1 aromatic heterocycles. The summed E-state index contributed by atoms with van der Waals surface area (Å²) in [6.45, 7) is 3.87. The van der Waals surface area contributed by atoms with Crippen LogP contribution < -0.4 is 9.46 Å². The Balaban J connectivity index is 1.79. The molecule has 1 saturated heterocycles. The normalized spacial score (nSPS) is 17.1. The van der Waals surface area contributed by atoms with Crippen LogP contribution in [0.4, 0.5) is 10.2 Å². The summed E-state index contributed by atoms with van der Waals surface area (Å²) in [4.78, 5) is 8.51. The van der Waals surface area contributed by atoms with Gasteiger partial charge in [0, 0.05) is 24.9 Å². The van der Waals surface area contributed by atoms with Crippen molar-refractivity contribution in [3.63, 3.8) is 0 Å². The second-order valence-corrected chi connectivity index (χ2v) is 10.0. The van der Waals surface area contributed by atoms with E-state index in [-0.39, 0.29) is 22.7 Å². The first kappa shape index (κ1) is 23.7. The highest BCUT2D eigenvalue weighted by Gasteiger charge is 2.33. The zero-order valence-electron chi connectivity index (χ0n) is 17.1. The largest absolute Gasteiger partial charge is 0.472 e. The van der Waals surface area contributed by atoms with Crippen LogP contribution >= 0.6 is 11.8 Å².